The van der Waals surface area contributed by atoms with Crippen LogP contribution in [0.4, 0.5) is 5.00 Å². The normalized spacial score (nSPS) is 35.1. The first-order chi connectivity index (χ1) is 12.3. The molecule has 2 aliphatic carbocycles. The van der Waals surface area contributed by atoms with Crippen LogP contribution in [0, 0.1) is 11.8 Å². The Bertz CT molecular complexity index is 774. The summed E-state index contributed by atoms with van der Waals surface area (Å²) < 4.78 is 0. The minimum absolute atomic E-state index is 0.0769. The number of thiophene rings is 1. The standard InChI is InChI=1S/C18H23N5OS/c24-18-14-12-7-3-4-8-13(12)25-17(14)20-15-10-5-1-2-6-11(10)16-21-19-9-22(16)23(15)18/h9-11,15-16,20-21H,1-8H2. The van der Waals surface area contributed by atoms with Gasteiger partial charge < -0.3 is 5.32 Å². The van der Waals surface area contributed by atoms with Crippen molar-refractivity contribution < 1.29 is 4.79 Å². The predicted octanol–water partition coefficient (Wildman–Crippen LogP) is 2.73. The van der Waals surface area contributed by atoms with Gasteiger partial charge in [0.05, 0.1) is 5.56 Å². The van der Waals surface area contributed by atoms with E-state index in [4.69, 9.17) is 0 Å². The monoisotopic (exact) mass is 357 g/mol. The van der Waals surface area contributed by atoms with Crippen molar-refractivity contribution in [3.05, 3.63) is 16.0 Å². The van der Waals surface area contributed by atoms with Gasteiger partial charge in [-0.05, 0) is 44.1 Å². The van der Waals surface area contributed by atoms with Crippen LogP contribution in [0.5, 0.6) is 0 Å². The highest BCUT2D eigenvalue weighted by atomic mass is 32.1. The van der Waals surface area contributed by atoms with E-state index in [1.165, 1.54) is 49.0 Å². The van der Waals surface area contributed by atoms with Crippen LogP contribution >= 0.6 is 11.3 Å². The van der Waals surface area contributed by atoms with E-state index >= 15 is 0 Å². The molecule has 5 aliphatic rings. The third kappa shape index (κ3) is 1.85. The lowest BCUT2D eigenvalue weighted by atomic mass is 9.73. The second kappa shape index (κ2) is 5.13. The lowest BCUT2D eigenvalue weighted by Crippen LogP contribution is -2.70. The van der Waals surface area contributed by atoms with Crippen molar-refractivity contribution in [1.82, 2.24) is 15.4 Å². The molecule has 1 aromatic rings. The van der Waals surface area contributed by atoms with Crippen molar-refractivity contribution >= 4 is 28.6 Å². The smallest absolute Gasteiger partial charge is 0.277 e. The number of aryl methyl sites for hydroxylation is 1. The zero-order chi connectivity index (χ0) is 16.5. The summed E-state index contributed by atoms with van der Waals surface area (Å²) in [5.74, 6) is 1.23. The van der Waals surface area contributed by atoms with Gasteiger partial charge in [-0.25, -0.2) is 10.0 Å². The van der Waals surface area contributed by atoms with Gasteiger partial charge in [0.15, 0.2) is 0 Å². The van der Waals surface area contributed by atoms with Gasteiger partial charge in [0, 0.05) is 16.7 Å². The molecule has 3 aliphatic heterocycles. The molecule has 6 rings (SSSR count). The number of hydrogen-bond donors (Lipinski definition) is 2. The predicted molar refractivity (Wildman–Crippen MR) is 97.2 cm³/mol. The zero-order valence-corrected chi connectivity index (χ0v) is 15.0. The Morgan fingerprint density at radius 1 is 1.08 bits per heavy atom. The number of carbonyl (C=O) groups excluding carboxylic acids is 1. The quantitative estimate of drug-likeness (QED) is 0.750. The maximum atomic E-state index is 13.6. The maximum Gasteiger partial charge on any atom is 0.277 e. The third-order valence-corrected chi connectivity index (χ3v) is 7.96. The van der Waals surface area contributed by atoms with Gasteiger partial charge >= 0.3 is 0 Å². The molecule has 6 nitrogen and oxygen atoms in total. The molecule has 0 spiro atoms. The van der Waals surface area contributed by atoms with E-state index in [1.807, 2.05) is 22.7 Å². The van der Waals surface area contributed by atoms with Crippen molar-refractivity contribution in [2.45, 2.75) is 63.7 Å². The fraction of sp³-hybridized carbons (Fsp3) is 0.667. The second-order valence-corrected chi connectivity index (χ2v) is 9.07. The Morgan fingerprint density at radius 3 is 2.76 bits per heavy atom. The minimum atomic E-state index is 0.0769. The molecule has 25 heavy (non-hydrogen) atoms. The average molecular weight is 357 g/mol. The van der Waals surface area contributed by atoms with Crippen molar-refractivity contribution in [1.29, 1.82) is 0 Å². The molecule has 1 amide bonds. The molecule has 1 saturated carbocycles. The van der Waals surface area contributed by atoms with Gasteiger partial charge in [-0.3, -0.25) is 10.2 Å². The topological polar surface area (TPSA) is 60.0 Å². The van der Waals surface area contributed by atoms with Gasteiger partial charge in [-0.2, -0.15) is 5.10 Å². The molecule has 1 saturated heterocycles. The van der Waals surface area contributed by atoms with Crippen LogP contribution in [0.25, 0.3) is 0 Å². The van der Waals surface area contributed by atoms with Gasteiger partial charge in [-0.15, -0.1) is 11.3 Å². The number of hydrogen-bond acceptors (Lipinski definition) is 6. The van der Waals surface area contributed by atoms with Gasteiger partial charge in [0.1, 0.15) is 23.7 Å². The van der Waals surface area contributed by atoms with Crippen molar-refractivity contribution in [3.63, 3.8) is 0 Å². The summed E-state index contributed by atoms with van der Waals surface area (Å²) in [7, 11) is 0. The molecule has 4 heterocycles. The van der Waals surface area contributed by atoms with Crippen LogP contribution in [0.15, 0.2) is 5.10 Å². The number of carbonyl (C=O) groups is 1. The summed E-state index contributed by atoms with van der Waals surface area (Å²) in [5, 5.41) is 13.3. The van der Waals surface area contributed by atoms with Crippen LogP contribution in [0.3, 0.4) is 0 Å². The first-order valence-corrected chi connectivity index (χ1v) is 10.5. The Kier molecular flexibility index (Phi) is 2.96. The minimum Gasteiger partial charge on any atom is -0.354 e. The van der Waals surface area contributed by atoms with E-state index in [9.17, 15) is 4.79 Å². The molecule has 0 radical (unpaired) electrons. The SMILES string of the molecule is O=C1c2c(sc3c2CCCC3)NC2C3CCCCC3C3NN=CN3N12. The van der Waals surface area contributed by atoms with E-state index < -0.39 is 0 Å². The summed E-state index contributed by atoms with van der Waals surface area (Å²) >= 11 is 1.84. The van der Waals surface area contributed by atoms with E-state index in [0.29, 0.717) is 11.8 Å². The van der Waals surface area contributed by atoms with Gasteiger partial charge in [0.2, 0.25) is 0 Å². The van der Waals surface area contributed by atoms with Crippen molar-refractivity contribution in [2.24, 2.45) is 16.9 Å². The Morgan fingerprint density at radius 2 is 1.88 bits per heavy atom. The maximum absolute atomic E-state index is 13.6. The first-order valence-electron chi connectivity index (χ1n) is 9.64. The molecule has 132 valence electrons. The van der Waals surface area contributed by atoms with Crippen LogP contribution < -0.4 is 10.7 Å². The summed E-state index contributed by atoms with van der Waals surface area (Å²) in [6.07, 6.45) is 11.6. The third-order valence-electron chi connectivity index (χ3n) is 6.74. The lowest BCUT2D eigenvalue weighted by Gasteiger charge is -2.55. The Labute approximate surface area is 151 Å². The first kappa shape index (κ1) is 14.4. The van der Waals surface area contributed by atoms with E-state index in [2.05, 4.69) is 20.9 Å². The van der Waals surface area contributed by atoms with Gasteiger partial charge in [0.25, 0.3) is 5.91 Å². The molecule has 1 aromatic heterocycles. The molecule has 0 aromatic carbocycles. The molecular formula is C18H23N5OS. The molecule has 4 atom stereocenters. The molecule has 7 heteroatoms. The van der Waals surface area contributed by atoms with E-state index in [0.717, 1.165) is 23.4 Å². The Hall–Kier alpha value is -1.76. The Balaban J connectivity index is 1.47. The molecule has 4 unspecified atom stereocenters. The number of anilines is 1. The van der Waals surface area contributed by atoms with Crippen LogP contribution in [-0.4, -0.2) is 34.6 Å². The number of amides is 1. The van der Waals surface area contributed by atoms with Crippen LogP contribution in [0.2, 0.25) is 0 Å². The number of rotatable bonds is 0. The fourth-order valence-corrected chi connectivity index (χ4v) is 6.93. The van der Waals surface area contributed by atoms with E-state index in [-0.39, 0.29) is 18.2 Å². The second-order valence-electron chi connectivity index (χ2n) is 7.96. The van der Waals surface area contributed by atoms with Crippen molar-refractivity contribution in [3.8, 4) is 0 Å². The molecule has 2 fully saturated rings. The van der Waals surface area contributed by atoms with Crippen LogP contribution in [-0.2, 0) is 12.8 Å². The number of fused-ring (bicyclic) bond motifs is 9. The highest BCUT2D eigenvalue weighted by molar-refractivity contribution is 7.16. The van der Waals surface area contributed by atoms with Gasteiger partial charge in [-0.1, -0.05) is 12.8 Å². The zero-order valence-electron chi connectivity index (χ0n) is 14.2. The molecule has 2 N–H and O–H groups in total. The summed E-state index contributed by atoms with van der Waals surface area (Å²) in [6, 6.07) is 0. The van der Waals surface area contributed by atoms with Crippen molar-refractivity contribution in [2.75, 3.05) is 5.32 Å². The average Bonchev–Trinajstić information content (AvgIpc) is 3.26. The summed E-state index contributed by atoms with van der Waals surface area (Å²) in [4.78, 5) is 15.0. The summed E-state index contributed by atoms with van der Waals surface area (Å²) in [6.45, 7) is 0. The number of nitrogens with zero attached hydrogens (tertiary/aromatic N) is 3. The lowest BCUT2D eigenvalue weighted by molar-refractivity contribution is -0.103. The summed E-state index contributed by atoms with van der Waals surface area (Å²) in [5.41, 5.74) is 5.53. The largest absolute Gasteiger partial charge is 0.354 e. The highest BCUT2D eigenvalue weighted by Crippen LogP contribution is 2.48. The highest BCUT2D eigenvalue weighted by Gasteiger charge is 2.54. The molecule has 0 bridgehead atoms. The van der Waals surface area contributed by atoms with Crippen LogP contribution in [0.1, 0.15) is 59.3 Å². The number of hydrazone groups is 1. The van der Waals surface area contributed by atoms with E-state index in [1.54, 1.807) is 0 Å². The fourth-order valence-electron chi connectivity index (χ4n) is 5.62. The number of nitrogens with one attached hydrogen (secondary N) is 2. The molecular weight excluding hydrogens is 334 g/mol. The number of hydrazine groups is 1.